The van der Waals surface area contributed by atoms with Crippen molar-refractivity contribution in [1.29, 1.82) is 0 Å². The lowest BCUT2D eigenvalue weighted by molar-refractivity contribution is 0.0504. The van der Waals surface area contributed by atoms with Crippen molar-refractivity contribution in [3.05, 3.63) is 53.7 Å². The smallest absolute Gasteiger partial charge is 0.408 e. The fraction of sp³-hybridized carbons (Fsp3) is 0.522. The fourth-order valence-corrected chi connectivity index (χ4v) is 2.70. The predicted octanol–water partition coefficient (Wildman–Crippen LogP) is 3.90. The fourth-order valence-electron chi connectivity index (χ4n) is 2.70. The number of nitrogens with one attached hydrogen (secondary N) is 3. The topological polar surface area (TPSA) is 101 Å². The first-order valence-corrected chi connectivity index (χ1v) is 10.4. The maximum atomic E-state index is 12.3. The largest absolute Gasteiger partial charge is 0.444 e. The Bertz CT molecular complexity index is 863. The highest BCUT2D eigenvalue weighted by Crippen LogP contribution is 2.22. The molecule has 0 fully saturated rings. The minimum absolute atomic E-state index is 0.0958. The Labute approximate surface area is 184 Å². The normalized spacial score (nSPS) is 13.5. The highest BCUT2D eigenvalue weighted by atomic mass is 16.6. The molecule has 0 radical (unpaired) electrons. The van der Waals surface area contributed by atoms with E-state index in [1.165, 1.54) is 0 Å². The van der Waals surface area contributed by atoms with Gasteiger partial charge in [-0.25, -0.2) is 9.78 Å². The third-order valence-corrected chi connectivity index (χ3v) is 4.29. The first kappa shape index (κ1) is 24.2. The Hall–Kier alpha value is -3.03. The lowest BCUT2D eigenvalue weighted by Crippen LogP contribution is -2.44. The summed E-state index contributed by atoms with van der Waals surface area (Å²) in [5.74, 6) is 1.99. The number of benzene rings is 1. The Morgan fingerprint density at radius 1 is 1.13 bits per heavy atom. The van der Waals surface area contributed by atoms with Gasteiger partial charge in [0, 0.05) is 19.0 Å². The number of ether oxygens (including phenoxy) is 1. The number of nitrogens with zero attached hydrogens (tertiary/aromatic N) is 2. The van der Waals surface area contributed by atoms with E-state index in [4.69, 9.17) is 9.15 Å². The summed E-state index contributed by atoms with van der Waals surface area (Å²) in [4.78, 5) is 20.9. The summed E-state index contributed by atoms with van der Waals surface area (Å²) in [6.07, 6.45) is 1.28. The van der Waals surface area contributed by atoms with Crippen LogP contribution < -0.4 is 16.0 Å². The molecule has 2 aromatic rings. The van der Waals surface area contributed by atoms with Gasteiger partial charge in [0.05, 0.1) is 18.8 Å². The SMILES string of the molecule is CN=C(NCc1ncc(C(C)(C)C)o1)NCC(NC(=O)OC(C)(C)C)c1ccccc1. The number of guanidine groups is 1. The molecule has 2 rings (SSSR count). The maximum Gasteiger partial charge on any atom is 0.408 e. The van der Waals surface area contributed by atoms with Crippen molar-refractivity contribution in [2.45, 2.75) is 65.1 Å². The van der Waals surface area contributed by atoms with Crippen molar-refractivity contribution >= 4 is 12.1 Å². The number of aromatic nitrogens is 1. The van der Waals surface area contributed by atoms with E-state index in [1.54, 1.807) is 13.2 Å². The standard InChI is InChI=1S/C23H35N5O3/c1-22(2,3)18-14-25-19(30-18)15-27-20(24-7)26-13-17(16-11-9-8-10-12-16)28-21(29)31-23(4,5)6/h8-12,14,17H,13,15H2,1-7H3,(H,28,29)(H2,24,26,27). The van der Waals surface area contributed by atoms with E-state index in [1.807, 2.05) is 51.1 Å². The zero-order chi connectivity index (χ0) is 23.1. The molecule has 0 spiro atoms. The van der Waals surface area contributed by atoms with Crippen LogP contribution >= 0.6 is 0 Å². The molecule has 1 aromatic heterocycles. The van der Waals surface area contributed by atoms with Crippen molar-refractivity contribution < 1.29 is 13.9 Å². The van der Waals surface area contributed by atoms with Crippen LogP contribution in [0.4, 0.5) is 4.79 Å². The number of oxazole rings is 1. The number of aliphatic imine (C=N–C) groups is 1. The van der Waals surface area contributed by atoms with Gasteiger partial charge in [0.25, 0.3) is 0 Å². The van der Waals surface area contributed by atoms with Crippen LogP contribution in [-0.4, -0.2) is 36.2 Å². The Balaban J connectivity index is 1.98. The Kier molecular flexibility index (Phi) is 8.08. The maximum absolute atomic E-state index is 12.3. The molecule has 1 unspecified atom stereocenters. The number of hydrogen-bond acceptors (Lipinski definition) is 5. The van der Waals surface area contributed by atoms with Gasteiger partial charge in [-0.1, -0.05) is 51.1 Å². The van der Waals surface area contributed by atoms with Crippen LogP contribution in [0.1, 0.15) is 64.8 Å². The number of alkyl carbamates (subject to hydrolysis) is 1. The molecule has 31 heavy (non-hydrogen) atoms. The molecule has 0 saturated carbocycles. The molecule has 0 aliphatic rings. The molecule has 1 heterocycles. The molecule has 0 bridgehead atoms. The van der Waals surface area contributed by atoms with Crippen LogP contribution in [0, 0.1) is 0 Å². The highest BCUT2D eigenvalue weighted by molar-refractivity contribution is 5.79. The van der Waals surface area contributed by atoms with E-state index in [9.17, 15) is 4.79 Å². The molecule has 8 nitrogen and oxygen atoms in total. The van der Waals surface area contributed by atoms with Crippen molar-refractivity contribution in [2.24, 2.45) is 4.99 Å². The van der Waals surface area contributed by atoms with Crippen LogP contribution in [0.15, 0.2) is 45.9 Å². The van der Waals surface area contributed by atoms with Gasteiger partial charge < -0.3 is 25.1 Å². The minimum atomic E-state index is -0.571. The first-order valence-electron chi connectivity index (χ1n) is 10.4. The quantitative estimate of drug-likeness (QED) is 0.476. The highest BCUT2D eigenvalue weighted by Gasteiger charge is 2.21. The second kappa shape index (κ2) is 10.3. The minimum Gasteiger partial charge on any atom is -0.444 e. The van der Waals surface area contributed by atoms with Crippen LogP contribution in [0.3, 0.4) is 0 Å². The third-order valence-electron chi connectivity index (χ3n) is 4.29. The molecule has 1 atom stereocenters. The molecule has 0 saturated heterocycles. The van der Waals surface area contributed by atoms with E-state index >= 15 is 0 Å². The molecule has 0 aliphatic carbocycles. The van der Waals surface area contributed by atoms with Gasteiger partial charge in [-0.2, -0.15) is 0 Å². The molecular formula is C23H35N5O3. The monoisotopic (exact) mass is 429 g/mol. The summed E-state index contributed by atoms with van der Waals surface area (Å²) in [6, 6.07) is 9.41. The van der Waals surface area contributed by atoms with Gasteiger partial charge >= 0.3 is 6.09 Å². The number of amides is 1. The van der Waals surface area contributed by atoms with Gasteiger partial charge in [-0.05, 0) is 26.3 Å². The molecule has 1 amide bonds. The summed E-state index contributed by atoms with van der Waals surface area (Å²) in [7, 11) is 1.68. The van der Waals surface area contributed by atoms with Crippen LogP contribution in [0.5, 0.6) is 0 Å². The molecule has 1 aromatic carbocycles. The summed E-state index contributed by atoms with van der Waals surface area (Å²) in [5, 5.41) is 9.36. The lowest BCUT2D eigenvalue weighted by Gasteiger charge is -2.24. The number of rotatable bonds is 6. The van der Waals surface area contributed by atoms with Gasteiger partial charge in [-0.15, -0.1) is 0 Å². The average Bonchev–Trinajstić information content (AvgIpc) is 3.16. The number of hydrogen-bond donors (Lipinski definition) is 3. The van der Waals surface area contributed by atoms with E-state index in [0.717, 1.165) is 11.3 Å². The number of carbonyl (C=O) groups is 1. The van der Waals surface area contributed by atoms with E-state index in [0.29, 0.717) is 24.9 Å². The van der Waals surface area contributed by atoms with Crippen LogP contribution in [0.2, 0.25) is 0 Å². The van der Waals surface area contributed by atoms with Crippen LogP contribution in [-0.2, 0) is 16.7 Å². The van der Waals surface area contributed by atoms with E-state index in [-0.39, 0.29) is 11.5 Å². The summed E-state index contributed by atoms with van der Waals surface area (Å²) in [5.41, 5.74) is 0.290. The van der Waals surface area contributed by atoms with Crippen molar-refractivity contribution in [3.8, 4) is 0 Å². The summed E-state index contributed by atoms with van der Waals surface area (Å²) < 4.78 is 11.2. The second-order valence-corrected chi connectivity index (χ2v) is 9.28. The summed E-state index contributed by atoms with van der Waals surface area (Å²) >= 11 is 0. The predicted molar refractivity (Wildman–Crippen MR) is 122 cm³/mol. The molecule has 3 N–H and O–H groups in total. The third kappa shape index (κ3) is 8.32. The van der Waals surface area contributed by atoms with Crippen molar-refractivity contribution in [2.75, 3.05) is 13.6 Å². The first-order chi connectivity index (χ1) is 14.5. The van der Waals surface area contributed by atoms with Gasteiger partial charge in [0.1, 0.15) is 11.4 Å². The average molecular weight is 430 g/mol. The molecule has 0 aliphatic heterocycles. The van der Waals surface area contributed by atoms with Crippen molar-refractivity contribution in [3.63, 3.8) is 0 Å². The molecule has 170 valence electrons. The number of carbonyl (C=O) groups excluding carboxylic acids is 1. The van der Waals surface area contributed by atoms with Crippen molar-refractivity contribution in [1.82, 2.24) is 20.9 Å². The zero-order valence-corrected chi connectivity index (χ0v) is 19.6. The summed E-state index contributed by atoms with van der Waals surface area (Å²) in [6.45, 7) is 12.5. The second-order valence-electron chi connectivity index (χ2n) is 9.28. The van der Waals surface area contributed by atoms with Crippen LogP contribution in [0.25, 0.3) is 0 Å². The van der Waals surface area contributed by atoms with Gasteiger partial charge in [-0.3, -0.25) is 4.99 Å². The molecular weight excluding hydrogens is 394 g/mol. The van der Waals surface area contributed by atoms with Gasteiger partial charge in [0.2, 0.25) is 5.89 Å². The molecule has 8 heteroatoms. The Morgan fingerprint density at radius 3 is 2.35 bits per heavy atom. The Morgan fingerprint density at radius 2 is 1.81 bits per heavy atom. The van der Waals surface area contributed by atoms with E-state index < -0.39 is 11.7 Å². The zero-order valence-electron chi connectivity index (χ0n) is 19.6. The van der Waals surface area contributed by atoms with Gasteiger partial charge in [0.15, 0.2) is 5.96 Å². The van der Waals surface area contributed by atoms with E-state index in [2.05, 4.69) is 46.7 Å². The lowest BCUT2D eigenvalue weighted by atomic mass is 9.94.